The minimum Gasteiger partial charge on any atom is -0.497 e. The van der Waals surface area contributed by atoms with Crippen molar-refractivity contribution < 1.29 is 9.47 Å². The highest BCUT2D eigenvalue weighted by Crippen LogP contribution is 2.31. The van der Waals surface area contributed by atoms with Crippen molar-refractivity contribution in [3.8, 4) is 5.75 Å². The van der Waals surface area contributed by atoms with Gasteiger partial charge in [-0.1, -0.05) is 54.1 Å². The molecule has 0 unspecified atom stereocenters. The number of tetrazole rings is 1. The van der Waals surface area contributed by atoms with E-state index in [1.165, 1.54) is 0 Å². The van der Waals surface area contributed by atoms with Crippen molar-refractivity contribution in [3.63, 3.8) is 0 Å². The van der Waals surface area contributed by atoms with Crippen molar-refractivity contribution in [2.24, 2.45) is 0 Å². The lowest BCUT2D eigenvalue weighted by molar-refractivity contribution is 0.169. The zero-order valence-electron chi connectivity index (χ0n) is 21.8. The van der Waals surface area contributed by atoms with Gasteiger partial charge >= 0.3 is 0 Å². The van der Waals surface area contributed by atoms with Crippen LogP contribution < -0.4 is 10.3 Å². The summed E-state index contributed by atoms with van der Waals surface area (Å²) in [4.78, 5) is 18.9. The van der Waals surface area contributed by atoms with Crippen molar-refractivity contribution in [2.45, 2.75) is 25.7 Å². The lowest BCUT2D eigenvalue weighted by Crippen LogP contribution is -2.35. The normalized spacial score (nSPS) is 12.2. The van der Waals surface area contributed by atoms with Gasteiger partial charge in [-0.15, -0.1) is 5.10 Å². The van der Waals surface area contributed by atoms with Crippen LogP contribution >= 0.6 is 11.6 Å². The Morgan fingerprint density at radius 3 is 2.44 bits per heavy atom. The summed E-state index contributed by atoms with van der Waals surface area (Å²) in [5.41, 5.74) is 3.15. The summed E-state index contributed by atoms with van der Waals surface area (Å²) < 4.78 is 12.4. The van der Waals surface area contributed by atoms with E-state index in [9.17, 15) is 4.79 Å². The van der Waals surface area contributed by atoms with Crippen LogP contribution in [0.3, 0.4) is 0 Å². The van der Waals surface area contributed by atoms with Crippen molar-refractivity contribution in [1.82, 2.24) is 30.1 Å². The number of aromatic amines is 1. The summed E-state index contributed by atoms with van der Waals surface area (Å²) in [7, 11) is 3.25. The van der Waals surface area contributed by atoms with Crippen molar-refractivity contribution in [1.29, 1.82) is 0 Å². The van der Waals surface area contributed by atoms with Gasteiger partial charge in [-0.05, 0) is 58.0 Å². The molecular formula is C29H29ClN6O3. The summed E-state index contributed by atoms with van der Waals surface area (Å²) in [6.07, 6.45) is 0. The summed E-state index contributed by atoms with van der Waals surface area (Å²) >= 11 is 6.18. The number of halogens is 1. The highest BCUT2D eigenvalue weighted by Gasteiger charge is 2.31. The van der Waals surface area contributed by atoms with Crippen LogP contribution in [0.2, 0.25) is 5.02 Å². The van der Waals surface area contributed by atoms with Crippen LogP contribution in [-0.2, 0) is 24.4 Å². The molecule has 0 aliphatic carbocycles. The second-order valence-electron chi connectivity index (χ2n) is 9.18. The van der Waals surface area contributed by atoms with Gasteiger partial charge in [-0.2, -0.15) is 0 Å². The van der Waals surface area contributed by atoms with Crippen LogP contribution in [0.1, 0.15) is 28.6 Å². The van der Waals surface area contributed by atoms with E-state index < -0.39 is 6.04 Å². The maximum atomic E-state index is 13.7. The first-order valence-electron chi connectivity index (χ1n) is 12.5. The number of nitrogens with zero attached hydrogens (tertiary/aromatic N) is 5. The standard InChI is InChI=1S/C29H29ClN6O3/c1-38-15-14-36-28(32-33-34-36)27(25-17-22-16-24(39-2)12-13-26(22)31-29(25)37)35(18-20-6-4-3-5-7-20)19-21-8-10-23(30)11-9-21/h3-13,16-17,27H,14-15,18-19H2,1-2H3,(H,31,37)/t27-/m0/s1. The number of fused-ring (bicyclic) bond motifs is 1. The van der Waals surface area contributed by atoms with Crippen LogP contribution in [0, 0.1) is 0 Å². The maximum absolute atomic E-state index is 13.7. The third-order valence-corrected chi connectivity index (χ3v) is 6.83. The number of ether oxygens (including phenoxy) is 2. The lowest BCUT2D eigenvalue weighted by Gasteiger charge is -2.31. The highest BCUT2D eigenvalue weighted by atomic mass is 35.5. The number of H-pyrrole nitrogens is 1. The monoisotopic (exact) mass is 544 g/mol. The van der Waals surface area contributed by atoms with E-state index in [1.54, 1.807) is 18.9 Å². The van der Waals surface area contributed by atoms with E-state index in [0.717, 1.165) is 22.0 Å². The molecule has 0 saturated carbocycles. The quantitative estimate of drug-likeness (QED) is 0.259. The van der Waals surface area contributed by atoms with Gasteiger partial charge in [0.2, 0.25) is 0 Å². The summed E-state index contributed by atoms with van der Waals surface area (Å²) in [5, 5.41) is 14.1. The first-order chi connectivity index (χ1) is 19.1. The predicted molar refractivity (Wildman–Crippen MR) is 150 cm³/mol. The Hall–Kier alpha value is -4.05. The molecule has 200 valence electrons. The molecule has 1 N–H and O–H groups in total. The molecule has 1 atom stereocenters. The van der Waals surface area contributed by atoms with Gasteiger partial charge in [-0.25, -0.2) is 4.68 Å². The van der Waals surface area contributed by atoms with E-state index in [2.05, 4.69) is 37.5 Å². The average Bonchev–Trinajstić information content (AvgIpc) is 3.41. The van der Waals surface area contributed by atoms with E-state index in [0.29, 0.717) is 48.4 Å². The zero-order valence-corrected chi connectivity index (χ0v) is 22.5. The summed E-state index contributed by atoms with van der Waals surface area (Å²) in [6, 6.07) is 24.7. The minimum absolute atomic E-state index is 0.215. The van der Waals surface area contributed by atoms with Crippen molar-refractivity contribution >= 4 is 22.5 Å². The molecular weight excluding hydrogens is 516 g/mol. The van der Waals surface area contributed by atoms with Gasteiger partial charge in [-0.3, -0.25) is 9.69 Å². The van der Waals surface area contributed by atoms with Crippen molar-refractivity contribution in [3.05, 3.63) is 117 Å². The largest absolute Gasteiger partial charge is 0.497 e. The minimum atomic E-state index is -0.577. The first-order valence-corrected chi connectivity index (χ1v) is 12.9. The van der Waals surface area contributed by atoms with Crippen LogP contribution in [0.5, 0.6) is 5.75 Å². The third-order valence-electron chi connectivity index (χ3n) is 6.58. The van der Waals surface area contributed by atoms with Crippen LogP contribution in [-0.4, -0.2) is 50.9 Å². The predicted octanol–water partition coefficient (Wildman–Crippen LogP) is 4.61. The number of aromatic nitrogens is 5. The SMILES string of the molecule is COCCn1nnnc1[C@H](c1cc2cc(OC)ccc2[nH]c1=O)N(Cc1ccccc1)Cc1ccc(Cl)cc1. The summed E-state index contributed by atoms with van der Waals surface area (Å²) in [6.45, 7) is 1.92. The number of hydrogen-bond acceptors (Lipinski definition) is 7. The Labute approximate surface area is 230 Å². The zero-order chi connectivity index (χ0) is 27.2. The van der Waals surface area contributed by atoms with E-state index in [1.807, 2.05) is 66.7 Å². The number of methoxy groups -OCH3 is 2. The topological polar surface area (TPSA) is 98.2 Å². The molecule has 0 fully saturated rings. The molecule has 0 amide bonds. The fourth-order valence-corrected chi connectivity index (χ4v) is 4.78. The Morgan fingerprint density at radius 1 is 0.974 bits per heavy atom. The highest BCUT2D eigenvalue weighted by molar-refractivity contribution is 6.30. The fraction of sp³-hybridized carbons (Fsp3) is 0.241. The average molecular weight is 545 g/mol. The number of hydrogen-bond donors (Lipinski definition) is 1. The van der Waals surface area contributed by atoms with Gasteiger partial charge < -0.3 is 14.5 Å². The number of benzene rings is 3. The first kappa shape index (κ1) is 26.6. The Balaban J connectivity index is 1.69. The maximum Gasteiger partial charge on any atom is 0.253 e. The molecule has 0 aliphatic rings. The lowest BCUT2D eigenvalue weighted by atomic mass is 10.0. The van der Waals surface area contributed by atoms with Gasteiger partial charge in [0.1, 0.15) is 11.8 Å². The Morgan fingerprint density at radius 2 is 1.72 bits per heavy atom. The molecule has 0 bridgehead atoms. The van der Waals surface area contributed by atoms with Crippen LogP contribution in [0.4, 0.5) is 0 Å². The second-order valence-corrected chi connectivity index (χ2v) is 9.62. The van der Waals surface area contributed by atoms with Gasteiger partial charge in [0, 0.05) is 41.7 Å². The van der Waals surface area contributed by atoms with Crippen molar-refractivity contribution in [2.75, 3.05) is 20.8 Å². The molecule has 0 aliphatic heterocycles. The molecule has 9 nitrogen and oxygen atoms in total. The smallest absolute Gasteiger partial charge is 0.253 e. The number of nitrogens with one attached hydrogen (secondary N) is 1. The van der Waals surface area contributed by atoms with E-state index in [4.69, 9.17) is 21.1 Å². The van der Waals surface area contributed by atoms with Gasteiger partial charge in [0.05, 0.1) is 20.3 Å². The molecule has 0 spiro atoms. The second kappa shape index (κ2) is 12.2. The Kier molecular flexibility index (Phi) is 8.31. The molecule has 5 rings (SSSR count). The third kappa shape index (κ3) is 6.17. The number of rotatable bonds is 11. The van der Waals surface area contributed by atoms with E-state index >= 15 is 0 Å². The molecule has 0 radical (unpaired) electrons. The number of pyridine rings is 1. The van der Waals surface area contributed by atoms with E-state index in [-0.39, 0.29) is 5.56 Å². The molecule has 39 heavy (non-hydrogen) atoms. The molecule has 10 heteroatoms. The van der Waals surface area contributed by atoms with Crippen LogP contribution in [0.15, 0.2) is 83.7 Å². The molecule has 3 aromatic carbocycles. The van der Waals surface area contributed by atoms with Crippen LogP contribution in [0.25, 0.3) is 10.9 Å². The fourth-order valence-electron chi connectivity index (χ4n) is 4.66. The molecule has 0 saturated heterocycles. The molecule has 5 aromatic rings. The van der Waals surface area contributed by atoms with Gasteiger partial charge in [0.25, 0.3) is 5.56 Å². The molecule has 2 heterocycles. The summed E-state index contributed by atoms with van der Waals surface area (Å²) in [5.74, 6) is 1.24. The Bertz CT molecular complexity index is 1590. The van der Waals surface area contributed by atoms with Gasteiger partial charge in [0.15, 0.2) is 5.82 Å². The molecule has 2 aromatic heterocycles.